The van der Waals surface area contributed by atoms with Crippen molar-refractivity contribution in [2.24, 2.45) is 5.18 Å². The van der Waals surface area contributed by atoms with Crippen molar-refractivity contribution in [1.82, 2.24) is 0 Å². The molecular weight excluding hydrogens is 262 g/mol. The van der Waals surface area contributed by atoms with Crippen molar-refractivity contribution in [2.45, 2.75) is 18.5 Å². The summed E-state index contributed by atoms with van der Waals surface area (Å²) in [5, 5.41) is 2.78. The molecule has 0 fully saturated rings. The fourth-order valence-corrected chi connectivity index (χ4v) is 1.91. The first-order valence-electron chi connectivity index (χ1n) is 6.00. The third kappa shape index (κ3) is 4.38. The molecule has 19 heavy (non-hydrogen) atoms. The Bertz CT molecular complexity index is 531. The van der Waals surface area contributed by atoms with E-state index in [-0.39, 0.29) is 0 Å². The number of benzene rings is 2. The van der Waals surface area contributed by atoms with Crippen LogP contribution < -0.4 is 4.74 Å². The number of alkyl halides is 1. The first kappa shape index (κ1) is 13.6. The quantitative estimate of drug-likeness (QED) is 0.451. The molecule has 0 saturated carbocycles. The van der Waals surface area contributed by atoms with E-state index < -0.39 is 5.50 Å². The SMILES string of the molecule is O=NC(Cl)Cc1cccc(OCc2ccccc2)c1. The number of hydrogen-bond donors (Lipinski definition) is 0. The smallest absolute Gasteiger partial charge is 0.169 e. The second kappa shape index (κ2) is 6.90. The van der Waals surface area contributed by atoms with Crippen molar-refractivity contribution in [3.05, 3.63) is 70.6 Å². The van der Waals surface area contributed by atoms with Crippen molar-refractivity contribution in [2.75, 3.05) is 0 Å². The lowest BCUT2D eigenvalue weighted by molar-refractivity contribution is 0.306. The van der Waals surface area contributed by atoms with Gasteiger partial charge in [0.1, 0.15) is 12.4 Å². The van der Waals surface area contributed by atoms with Gasteiger partial charge in [0, 0.05) is 6.42 Å². The number of halogens is 1. The Hall–Kier alpha value is -1.87. The normalized spacial score (nSPS) is 11.8. The molecule has 4 heteroatoms. The fourth-order valence-electron chi connectivity index (χ4n) is 1.73. The van der Waals surface area contributed by atoms with Gasteiger partial charge in [-0.3, -0.25) is 0 Å². The zero-order chi connectivity index (χ0) is 13.5. The van der Waals surface area contributed by atoms with Crippen LogP contribution >= 0.6 is 11.6 Å². The molecule has 0 N–H and O–H groups in total. The predicted molar refractivity (Wildman–Crippen MR) is 76.4 cm³/mol. The number of hydrogen-bond acceptors (Lipinski definition) is 3. The number of rotatable bonds is 6. The topological polar surface area (TPSA) is 38.7 Å². The average Bonchev–Trinajstić information content (AvgIpc) is 2.46. The van der Waals surface area contributed by atoms with E-state index in [1.807, 2.05) is 54.6 Å². The Morgan fingerprint density at radius 1 is 1.05 bits per heavy atom. The Morgan fingerprint density at radius 3 is 2.53 bits per heavy atom. The second-order valence-corrected chi connectivity index (χ2v) is 4.67. The summed E-state index contributed by atoms with van der Waals surface area (Å²) in [6.45, 7) is 0.514. The summed E-state index contributed by atoms with van der Waals surface area (Å²) in [6, 6.07) is 17.5. The maximum Gasteiger partial charge on any atom is 0.169 e. The van der Waals surface area contributed by atoms with Crippen LogP contribution in [0.4, 0.5) is 0 Å². The van der Waals surface area contributed by atoms with Crippen LogP contribution in [0.1, 0.15) is 11.1 Å². The summed E-state index contributed by atoms with van der Waals surface area (Å²) in [4.78, 5) is 10.3. The minimum absolute atomic E-state index is 0.410. The largest absolute Gasteiger partial charge is 0.489 e. The third-order valence-corrected chi connectivity index (χ3v) is 2.90. The second-order valence-electron chi connectivity index (χ2n) is 4.17. The van der Waals surface area contributed by atoms with Gasteiger partial charge in [-0.1, -0.05) is 54.1 Å². The summed E-state index contributed by atoms with van der Waals surface area (Å²) in [5.74, 6) is 0.760. The molecular formula is C15H14ClNO2. The van der Waals surface area contributed by atoms with Crippen LogP contribution in [-0.4, -0.2) is 5.50 Å². The molecule has 2 aromatic carbocycles. The number of ether oxygens (including phenoxy) is 1. The highest BCUT2D eigenvalue weighted by atomic mass is 35.5. The third-order valence-electron chi connectivity index (χ3n) is 2.67. The Kier molecular flexibility index (Phi) is 4.93. The van der Waals surface area contributed by atoms with Gasteiger partial charge in [-0.25, -0.2) is 0 Å². The van der Waals surface area contributed by atoms with E-state index in [4.69, 9.17) is 16.3 Å². The summed E-state index contributed by atoms with van der Waals surface area (Å²) in [6.07, 6.45) is 0.410. The van der Waals surface area contributed by atoms with Crippen LogP contribution in [0.25, 0.3) is 0 Å². The first-order valence-corrected chi connectivity index (χ1v) is 6.44. The predicted octanol–water partition coefficient (Wildman–Crippen LogP) is 4.14. The standard InChI is InChI=1S/C15H14ClNO2/c16-15(17-18)10-13-7-4-8-14(9-13)19-11-12-5-2-1-3-6-12/h1-9,15H,10-11H2. The van der Waals surface area contributed by atoms with Crippen molar-refractivity contribution in [3.8, 4) is 5.75 Å². The lowest BCUT2D eigenvalue weighted by Gasteiger charge is -2.08. The van der Waals surface area contributed by atoms with E-state index in [9.17, 15) is 4.91 Å². The van der Waals surface area contributed by atoms with E-state index in [0.29, 0.717) is 13.0 Å². The van der Waals surface area contributed by atoms with Crippen LogP contribution in [-0.2, 0) is 13.0 Å². The molecule has 1 atom stereocenters. The highest BCUT2D eigenvalue weighted by Crippen LogP contribution is 2.17. The average molecular weight is 276 g/mol. The number of nitroso groups, excluding NO2 is 1. The van der Waals surface area contributed by atoms with E-state index in [1.54, 1.807) is 0 Å². The van der Waals surface area contributed by atoms with E-state index in [1.165, 1.54) is 0 Å². The minimum atomic E-state index is -0.732. The van der Waals surface area contributed by atoms with Crippen LogP contribution in [0, 0.1) is 4.91 Å². The van der Waals surface area contributed by atoms with Gasteiger partial charge in [0.2, 0.25) is 0 Å². The summed E-state index contributed by atoms with van der Waals surface area (Å²) < 4.78 is 5.70. The van der Waals surface area contributed by atoms with E-state index >= 15 is 0 Å². The maximum absolute atomic E-state index is 10.3. The van der Waals surface area contributed by atoms with Crippen molar-refractivity contribution < 1.29 is 4.74 Å². The molecule has 98 valence electrons. The van der Waals surface area contributed by atoms with Gasteiger partial charge in [0.05, 0.1) is 0 Å². The molecule has 0 aliphatic heterocycles. The van der Waals surface area contributed by atoms with Gasteiger partial charge in [0.15, 0.2) is 5.50 Å². The van der Waals surface area contributed by atoms with Crippen LogP contribution in [0.3, 0.4) is 0 Å². The molecule has 1 unspecified atom stereocenters. The van der Waals surface area contributed by atoms with Crippen molar-refractivity contribution >= 4 is 11.6 Å². The summed E-state index contributed by atoms with van der Waals surface area (Å²) in [7, 11) is 0. The van der Waals surface area contributed by atoms with Gasteiger partial charge in [-0.05, 0) is 28.4 Å². The van der Waals surface area contributed by atoms with Crippen LogP contribution in [0.15, 0.2) is 59.8 Å². The van der Waals surface area contributed by atoms with Gasteiger partial charge >= 0.3 is 0 Å². The van der Waals surface area contributed by atoms with Crippen molar-refractivity contribution in [3.63, 3.8) is 0 Å². The van der Waals surface area contributed by atoms with Gasteiger partial charge in [-0.2, -0.15) is 0 Å². The van der Waals surface area contributed by atoms with Crippen LogP contribution in [0.2, 0.25) is 0 Å². The Balaban J connectivity index is 1.97. The van der Waals surface area contributed by atoms with E-state index in [0.717, 1.165) is 16.9 Å². The van der Waals surface area contributed by atoms with Crippen LogP contribution in [0.5, 0.6) is 5.75 Å². The fraction of sp³-hybridized carbons (Fsp3) is 0.200. The minimum Gasteiger partial charge on any atom is -0.489 e. The lowest BCUT2D eigenvalue weighted by atomic mass is 10.1. The zero-order valence-electron chi connectivity index (χ0n) is 10.3. The molecule has 0 saturated heterocycles. The molecule has 2 aromatic rings. The summed E-state index contributed by atoms with van der Waals surface area (Å²) in [5.41, 5.74) is 1.31. The lowest BCUT2D eigenvalue weighted by Crippen LogP contribution is -2.00. The molecule has 3 nitrogen and oxygen atoms in total. The number of nitrogens with zero attached hydrogens (tertiary/aromatic N) is 1. The molecule has 0 aromatic heterocycles. The van der Waals surface area contributed by atoms with Gasteiger partial charge < -0.3 is 4.74 Å². The Morgan fingerprint density at radius 2 is 1.79 bits per heavy atom. The highest BCUT2D eigenvalue weighted by Gasteiger charge is 2.06. The molecule has 0 spiro atoms. The summed E-state index contributed by atoms with van der Waals surface area (Å²) >= 11 is 5.71. The van der Waals surface area contributed by atoms with Crippen molar-refractivity contribution in [1.29, 1.82) is 0 Å². The molecule has 0 aliphatic rings. The maximum atomic E-state index is 10.3. The molecule has 0 aliphatic carbocycles. The molecule has 0 bridgehead atoms. The monoisotopic (exact) mass is 275 g/mol. The first-order chi connectivity index (χ1) is 9.28. The molecule has 0 amide bonds. The van der Waals surface area contributed by atoms with Gasteiger partial charge in [0.25, 0.3) is 0 Å². The van der Waals surface area contributed by atoms with E-state index in [2.05, 4.69) is 5.18 Å². The Labute approximate surface area is 117 Å². The molecule has 0 heterocycles. The molecule has 0 radical (unpaired) electrons. The highest BCUT2D eigenvalue weighted by molar-refractivity contribution is 6.20. The zero-order valence-corrected chi connectivity index (χ0v) is 11.1. The van der Waals surface area contributed by atoms with Gasteiger partial charge in [-0.15, -0.1) is 4.91 Å². The molecule has 2 rings (SSSR count).